The maximum atomic E-state index is 13.2. The lowest BCUT2D eigenvalue weighted by molar-refractivity contribution is -0.137. The molecule has 0 atom stereocenters. The molecule has 0 aromatic heterocycles. The second-order valence-electron chi connectivity index (χ2n) is 7.53. The molecule has 2 N–H and O–H groups in total. The molecule has 0 spiro atoms. The predicted molar refractivity (Wildman–Crippen MR) is 117 cm³/mol. The topological polar surface area (TPSA) is 78.5 Å². The minimum atomic E-state index is -4.69. The fourth-order valence-electron chi connectivity index (χ4n) is 3.44. The van der Waals surface area contributed by atoms with E-state index >= 15 is 0 Å². The molecule has 1 fully saturated rings. The van der Waals surface area contributed by atoms with E-state index in [1.165, 1.54) is 22.5 Å². The van der Waals surface area contributed by atoms with E-state index in [4.69, 9.17) is 11.6 Å². The summed E-state index contributed by atoms with van der Waals surface area (Å²) in [4.78, 5) is 12.4. The predicted octanol–water partition coefficient (Wildman–Crippen LogP) is 4.89. The van der Waals surface area contributed by atoms with Gasteiger partial charge in [-0.2, -0.15) is 17.5 Å². The molecule has 0 unspecified atom stereocenters. The lowest BCUT2D eigenvalue weighted by Gasteiger charge is -2.26. The Morgan fingerprint density at radius 3 is 2.41 bits per heavy atom. The molecule has 11 heteroatoms. The van der Waals surface area contributed by atoms with Crippen molar-refractivity contribution >= 4 is 38.9 Å². The molecule has 1 aliphatic rings. The van der Waals surface area contributed by atoms with E-state index in [9.17, 15) is 26.4 Å². The van der Waals surface area contributed by atoms with Crippen LogP contribution in [0.1, 0.15) is 30.4 Å². The van der Waals surface area contributed by atoms with Crippen LogP contribution in [0.25, 0.3) is 0 Å². The summed E-state index contributed by atoms with van der Waals surface area (Å²) in [5.41, 5.74) is -0.362. The highest BCUT2D eigenvalue weighted by atomic mass is 35.5. The standard InChI is InChI=1S/C21H23ClF3N3O3S/c1-14-5-7-16(32(30,31)28-9-3-2-4-10-28)12-19(14)26-13-20(29)27-18-8-6-15(22)11-17(18)21(23,24)25/h5-8,11-12,26H,2-4,9-10,13H2,1H3,(H,27,29). The molecular weight excluding hydrogens is 467 g/mol. The number of carbonyl (C=O) groups excluding carboxylic acids is 1. The normalized spacial score (nSPS) is 15.4. The molecule has 0 radical (unpaired) electrons. The summed E-state index contributed by atoms with van der Waals surface area (Å²) in [5, 5.41) is 4.94. The number of anilines is 2. The van der Waals surface area contributed by atoms with E-state index in [1.54, 1.807) is 13.0 Å². The number of nitrogens with zero attached hydrogens (tertiary/aromatic N) is 1. The van der Waals surface area contributed by atoms with Gasteiger partial charge >= 0.3 is 6.18 Å². The zero-order chi connectivity index (χ0) is 23.5. The van der Waals surface area contributed by atoms with Gasteiger partial charge < -0.3 is 10.6 Å². The fraction of sp³-hybridized carbons (Fsp3) is 0.381. The third kappa shape index (κ3) is 5.73. The van der Waals surface area contributed by atoms with Crippen LogP contribution in [0.2, 0.25) is 5.02 Å². The number of rotatable bonds is 6. The van der Waals surface area contributed by atoms with Gasteiger partial charge in [-0.15, -0.1) is 0 Å². The molecule has 1 saturated heterocycles. The maximum Gasteiger partial charge on any atom is 0.418 e. The van der Waals surface area contributed by atoms with Crippen molar-refractivity contribution in [1.82, 2.24) is 4.31 Å². The van der Waals surface area contributed by atoms with Crippen molar-refractivity contribution in [2.45, 2.75) is 37.3 Å². The van der Waals surface area contributed by atoms with Crippen LogP contribution in [0.15, 0.2) is 41.3 Å². The minimum absolute atomic E-state index is 0.101. The number of halogens is 4. The molecule has 0 bridgehead atoms. The number of hydrogen-bond donors (Lipinski definition) is 2. The molecule has 1 heterocycles. The van der Waals surface area contributed by atoms with Gasteiger partial charge in [0.15, 0.2) is 0 Å². The minimum Gasteiger partial charge on any atom is -0.376 e. The molecule has 1 amide bonds. The maximum absolute atomic E-state index is 13.2. The number of benzene rings is 2. The molecule has 6 nitrogen and oxygen atoms in total. The van der Waals surface area contributed by atoms with Gasteiger partial charge in [0.25, 0.3) is 0 Å². The van der Waals surface area contributed by atoms with Gasteiger partial charge in [-0.25, -0.2) is 8.42 Å². The van der Waals surface area contributed by atoms with E-state index in [0.29, 0.717) is 24.3 Å². The highest BCUT2D eigenvalue weighted by Crippen LogP contribution is 2.36. The van der Waals surface area contributed by atoms with Gasteiger partial charge in [-0.3, -0.25) is 4.79 Å². The van der Waals surface area contributed by atoms with Gasteiger partial charge in [0, 0.05) is 23.8 Å². The van der Waals surface area contributed by atoms with Crippen LogP contribution in [0.5, 0.6) is 0 Å². The van der Waals surface area contributed by atoms with Gasteiger partial charge in [-0.05, 0) is 55.7 Å². The highest BCUT2D eigenvalue weighted by Gasteiger charge is 2.34. The number of amides is 1. The van der Waals surface area contributed by atoms with Gasteiger partial charge in [0.2, 0.25) is 15.9 Å². The Hall–Kier alpha value is -2.30. The number of hydrogen-bond acceptors (Lipinski definition) is 4. The fourth-order valence-corrected chi connectivity index (χ4v) is 5.15. The summed E-state index contributed by atoms with van der Waals surface area (Å²) >= 11 is 5.65. The van der Waals surface area contributed by atoms with Crippen LogP contribution >= 0.6 is 11.6 Å². The van der Waals surface area contributed by atoms with Gasteiger partial charge in [-0.1, -0.05) is 24.1 Å². The summed E-state index contributed by atoms with van der Waals surface area (Å²) in [7, 11) is -3.66. The number of piperidine rings is 1. The Kier molecular flexibility index (Phi) is 7.36. The Bertz CT molecular complexity index is 1100. The monoisotopic (exact) mass is 489 g/mol. The lowest BCUT2D eigenvalue weighted by atomic mass is 10.1. The van der Waals surface area contributed by atoms with Crippen LogP contribution in [0.3, 0.4) is 0 Å². The largest absolute Gasteiger partial charge is 0.418 e. The molecule has 32 heavy (non-hydrogen) atoms. The molecule has 0 saturated carbocycles. The van der Waals surface area contributed by atoms with Crippen molar-refractivity contribution < 1.29 is 26.4 Å². The summed E-state index contributed by atoms with van der Waals surface area (Å²) in [5.74, 6) is -0.721. The summed E-state index contributed by atoms with van der Waals surface area (Å²) in [6.07, 6.45) is -2.08. The van der Waals surface area contributed by atoms with Crippen molar-refractivity contribution in [1.29, 1.82) is 0 Å². The van der Waals surface area contributed by atoms with E-state index in [0.717, 1.165) is 31.4 Å². The molecule has 3 rings (SSSR count). The molecule has 0 aliphatic carbocycles. The van der Waals surface area contributed by atoms with Crippen LogP contribution in [-0.2, 0) is 21.0 Å². The first-order chi connectivity index (χ1) is 15.0. The third-order valence-electron chi connectivity index (χ3n) is 5.16. The number of nitrogens with one attached hydrogen (secondary N) is 2. The average Bonchev–Trinajstić information content (AvgIpc) is 2.74. The number of aryl methyl sites for hydroxylation is 1. The molecule has 2 aromatic carbocycles. The SMILES string of the molecule is Cc1ccc(S(=O)(=O)N2CCCCC2)cc1NCC(=O)Nc1ccc(Cl)cc1C(F)(F)F. The second kappa shape index (κ2) is 9.68. The van der Waals surface area contributed by atoms with Crippen molar-refractivity contribution in [3.05, 3.63) is 52.5 Å². The Balaban J connectivity index is 1.72. The van der Waals surface area contributed by atoms with Crippen LogP contribution < -0.4 is 10.6 Å². The second-order valence-corrected chi connectivity index (χ2v) is 9.91. The number of carbonyl (C=O) groups is 1. The van der Waals surface area contributed by atoms with Crippen molar-refractivity contribution in [3.63, 3.8) is 0 Å². The first-order valence-electron chi connectivity index (χ1n) is 10.00. The van der Waals surface area contributed by atoms with Crippen LogP contribution in [0, 0.1) is 6.92 Å². The van der Waals surface area contributed by atoms with E-state index in [1.807, 2.05) is 0 Å². The summed E-state index contributed by atoms with van der Waals surface area (Å²) in [6.45, 7) is 2.31. The van der Waals surface area contributed by atoms with Crippen molar-refractivity contribution in [2.75, 3.05) is 30.3 Å². The zero-order valence-corrected chi connectivity index (χ0v) is 18.9. The number of alkyl halides is 3. The zero-order valence-electron chi connectivity index (χ0n) is 17.3. The van der Waals surface area contributed by atoms with Gasteiger partial charge in [0.1, 0.15) is 0 Å². The summed E-state index contributed by atoms with van der Waals surface area (Å²) in [6, 6.07) is 7.64. The Morgan fingerprint density at radius 2 is 1.75 bits per heavy atom. The number of sulfonamides is 1. The lowest BCUT2D eigenvalue weighted by Crippen LogP contribution is -2.35. The third-order valence-corrected chi connectivity index (χ3v) is 7.29. The molecular formula is C21H23ClF3N3O3S. The van der Waals surface area contributed by atoms with Crippen molar-refractivity contribution in [3.8, 4) is 0 Å². The molecule has 174 valence electrons. The Labute approximate surface area is 189 Å². The quantitative estimate of drug-likeness (QED) is 0.605. The summed E-state index contributed by atoms with van der Waals surface area (Å²) < 4.78 is 66.8. The molecule has 2 aromatic rings. The first-order valence-corrected chi connectivity index (χ1v) is 11.8. The van der Waals surface area contributed by atoms with Crippen molar-refractivity contribution in [2.24, 2.45) is 0 Å². The molecule has 1 aliphatic heterocycles. The van der Waals surface area contributed by atoms with E-state index < -0.39 is 33.4 Å². The van der Waals surface area contributed by atoms with E-state index in [-0.39, 0.29) is 16.5 Å². The van der Waals surface area contributed by atoms with Gasteiger partial charge in [0.05, 0.1) is 22.7 Å². The highest BCUT2D eigenvalue weighted by molar-refractivity contribution is 7.89. The van der Waals surface area contributed by atoms with E-state index in [2.05, 4.69) is 10.6 Å². The smallest absolute Gasteiger partial charge is 0.376 e. The Morgan fingerprint density at radius 1 is 1.06 bits per heavy atom. The first kappa shape index (κ1) is 24.3. The van der Waals surface area contributed by atoms with Crippen LogP contribution in [-0.4, -0.2) is 38.3 Å². The van der Waals surface area contributed by atoms with Crippen LogP contribution in [0.4, 0.5) is 24.5 Å². The average molecular weight is 490 g/mol.